The average Bonchev–Trinajstić information content (AvgIpc) is 2.53. The van der Waals surface area contributed by atoms with Crippen LogP contribution >= 0.6 is 0 Å². The lowest BCUT2D eigenvalue weighted by atomic mass is 9.81. The number of hydrogen-bond acceptors (Lipinski definition) is 3. The molecule has 0 saturated heterocycles. The first kappa shape index (κ1) is 16.8. The van der Waals surface area contributed by atoms with E-state index in [2.05, 4.69) is 10.3 Å². The van der Waals surface area contributed by atoms with Crippen LogP contribution in [0.3, 0.4) is 0 Å². The highest BCUT2D eigenvalue weighted by molar-refractivity contribution is 6.01. The monoisotopic (exact) mass is 318 g/mol. The molecule has 0 bridgehead atoms. The zero-order valence-corrected chi connectivity index (χ0v) is 12.9. The maximum atomic E-state index is 12.3. The number of carboxylic acid groups (broad SMARTS) is 1. The molecule has 2 rings (SSSR count). The number of nitrogens with one attached hydrogen (secondary N) is 1. The van der Waals surface area contributed by atoms with Crippen LogP contribution in [0, 0.1) is 11.8 Å². The van der Waals surface area contributed by atoms with E-state index in [0.29, 0.717) is 18.2 Å². The number of guanidine groups is 1. The zero-order valence-electron chi connectivity index (χ0n) is 12.9. The largest absolute Gasteiger partial charge is 0.478 e. The summed E-state index contributed by atoms with van der Waals surface area (Å²) in [5, 5.41) is 11.9. The van der Waals surface area contributed by atoms with Crippen molar-refractivity contribution >= 4 is 23.5 Å². The topological polar surface area (TPSA) is 131 Å². The Kier molecular flexibility index (Phi) is 5.56. The van der Waals surface area contributed by atoms with E-state index in [1.54, 1.807) is 18.2 Å². The lowest BCUT2D eigenvalue weighted by Crippen LogP contribution is -2.29. The van der Waals surface area contributed by atoms with Gasteiger partial charge in [-0.3, -0.25) is 9.79 Å². The van der Waals surface area contributed by atoms with E-state index in [-0.39, 0.29) is 23.3 Å². The van der Waals surface area contributed by atoms with E-state index in [4.69, 9.17) is 16.6 Å². The van der Waals surface area contributed by atoms with E-state index in [0.717, 1.165) is 25.7 Å². The number of amides is 1. The molecule has 23 heavy (non-hydrogen) atoms. The number of nitrogens with two attached hydrogens (primary N) is 2. The van der Waals surface area contributed by atoms with Gasteiger partial charge in [-0.05, 0) is 43.7 Å². The number of para-hydroxylation sites is 1. The van der Waals surface area contributed by atoms with Crippen LogP contribution in [-0.2, 0) is 4.79 Å². The third-order valence-electron chi connectivity index (χ3n) is 4.16. The third kappa shape index (κ3) is 4.70. The number of hydrogen-bond donors (Lipinski definition) is 4. The number of rotatable bonds is 5. The smallest absolute Gasteiger partial charge is 0.337 e. The summed E-state index contributed by atoms with van der Waals surface area (Å²) in [6, 6.07) is 6.41. The second kappa shape index (κ2) is 7.62. The summed E-state index contributed by atoms with van der Waals surface area (Å²) in [6.07, 6.45) is 3.28. The second-order valence-electron chi connectivity index (χ2n) is 5.82. The average molecular weight is 318 g/mol. The summed E-state index contributed by atoms with van der Waals surface area (Å²) in [5.41, 5.74) is 11.1. The zero-order chi connectivity index (χ0) is 16.8. The van der Waals surface area contributed by atoms with Gasteiger partial charge < -0.3 is 21.9 Å². The molecule has 0 spiro atoms. The quantitative estimate of drug-likeness (QED) is 0.481. The van der Waals surface area contributed by atoms with Crippen molar-refractivity contribution in [2.24, 2.45) is 28.3 Å². The van der Waals surface area contributed by atoms with E-state index in [1.807, 2.05) is 0 Å². The number of carbonyl (C=O) groups is 2. The molecule has 1 aromatic rings. The highest BCUT2D eigenvalue weighted by Crippen LogP contribution is 2.30. The van der Waals surface area contributed by atoms with E-state index in [9.17, 15) is 9.59 Å². The SMILES string of the molecule is NC(N)=NCC1CCC(C(=O)Nc2ccccc2C(=O)O)CC1. The minimum absolute atomic E-state index is 0.0927. The maximum Gasteiger partial charge on any atom is 0.337 e. The summed E-state index contributed by atoms with van der Waals surface area (Å²) in [7, 11) is 0. The van der Waals surface area contributed by atoms with Crippen molar-refractivity contribution in [3.63, 3.8) is 0 Å². The van der Waals surface area contributed by atoms with Crippen LogP contribution in [0.1, 0.15) is 36.0 Å². The van der Waals surface area contributed by atoms with Gasteiger partial charge in [0.25, 0.3) is 0 Å². The van der Waals surface area contributed by atoms with Gasteiger partial charge in [0.2, 0.25) is 5.91 Å². The van der Waals surface area contributed by atoms with Crippen molar-refractivity contribution in [1.82, 2.24) is 0 Å². The first-order chi connectivity index (χ1) is 11.0. The summed E-state index contributed by atoms with van der Waals surface area (Å²) < 4.78 is 0. The van der Waals surface area contributed by atoms with Crippen LogP contribution in [0.2, 0.25) is 0 Å². The molecule has 0 aromatic heterocycles. The highest BCUT2D eigenvalue weighted by atomic mass is 16.4. The van der Waals surface area contributed by atoms with Crippen LogP contribution < -0.4 is 16.8 Å². The Morgan fingerprint density at radius 2 is 1.83 bits per heavy atom. The molecule has 1 amide bonds. The molecule has 1 aliphatic rings. The molecule has 0 radical (unpaired) electrons. The van der Waals surface area contributed by atoms with Crippen LogP contribution in [0.15, 0.2) is 29.3 Å². The van der Waals surface area contributed by atoms with Gasteiger partial charge in [0.1, 0.15) is 0 Å². The molecule has 1 saturated carbocycles. The predicted molar refractivity (Wildman–Crippen MR) is 88.2 cm³/mol. The van der Waals surface area contributed by atoms with Gasteiger partial charge >= 0.3 is 5.97 Å². The number of aromatic carboxylic acids is 1. The number of carboxylic acids is 1. The van der Waals surface area contributed by atoms with Crippen molar-refractivity contribution in [1.29, 1.82) is 0 Å². The van der Waals surface area contributed by atoms with Gasteiger partial charge in [-0.15, -0.1) is 0 Å². The first-order valence-electron chi connectivity index (χ1n) is 7.66. The number of carbonyl (C=O) groups excluding carboxylic acids is 1. The summed E-state index contributed by atoms with van der Waals surface area (Å²) in [4.78, 5) is 27.5. The van der Waals surface area contributed by atoms with Gasteiger partial charge in [-0.2, -0.15) is 0 Å². The van der Waals surface area contributed by atoms with Crippen LogP contribution in [0.25, 0.3) is 0 Å². The molecule has 0 unspecified atom stereocenters. The third-order valence-corrected chi connectivity index (χ3v) is 4.16. The molecule has 1 aliphatic carbocycles. The van der Waals surface area contributed by atoms with Gasteiger partial charge in [-0.25, -0.2) is 4.79 Å². The molecule has 0 heterocycles. The maximum absolute atomic E-state index is 12.3. The minimum atomic E-state index is -1.05. The Morgan fingerprint density at radius 3 is 2.43 bits per heavy atom. The Hall–Kier alpha value is -2.57. The Balaban J connectivity index is 1.91. The second-order valence-corrected chi connectivity index (χ2v) is 5.82. The first-order valence-corrected chi connectivity index (χ1v) is 7.66. The van der Waals surface area contributed by atoms with Crippen molar-refractivity contribution < 1.29 is 14.7 Å². The fraction of sp³-hybridized carbons (Fsp3) is 0.438. The highest BCUT2D eigenvalue weighted by Gasteiger charge is 2.26. The summed E-state index contributed by atoms with van der Waals surface area (Å²) >= 11 is 0. The number of nitrogens with zero attached hydrogens (tertiary/aromatic N) is 1. The lowest BCUT2D eigenvalue weighted by molar-refractivity contribution is -0.121. The van der Waals surface area contributed by atoms with E-state index >= 15 is 0 Å². The predicted octanol–water partition coefficient (Wildman–Crippen LogP) is 1.40. The molecule has 7 heteroatoms. The number of benzene rings is 1. The fourth-order valence-corrected chi connectivity index (χ4v) is 2.86. The molecule has 124 valence electrons. The molecular weight excluding hydrogens is 296 g/mol. The fourth-order valence-electron chi connectivity index (χ4n) is 2.86. The van der Waals surface area contributed by atoms with Gasteiger partial charge in [0, 0.05) is 12.5 Å². The van der Waals surface area contributed by atoms with Crippen LogP contribution in [-0.4, -0.2) is 29.5 Å². The Morgan fingerprint density at radius 1 is 1.17 bits per heavy atom. The molecule has 1 aromatic carbocycles. The summed E-state index contributed by atoms with van der Waals surface area (Å²) in [5.74, 6) is -0.796. The molecule has 0 atom stereocenters. The van der Waals surface area contributed by atoms with Gasteiger partial charge in [0.15, 0.2) is 5.96 Å². The minimum Gasteiger partial charge on any atom is -0.478 e. The summed E-state index contributed by atoms with van der Waals surface area (Å²) in [6.45, 7) is 0.596. The number of anilines is 1. The molecular formula is C16H22N4O3. The van der Waals surface area contributed by atoms with E-state index < -0.39 is 5.97 Å². The van der Waals surface area contributed by atoms with Gasteiger partial charge in [-0.1, -0.05) is 12.1 Å². The van der Waals surface area contributed by atoms with Crippen molar-refractivity contribution in [2.45, 2.75) is 25.7 Å². The van der Waals surface area contributed by atoms with E-state index in [1.165, 1.54) is 6.07 Å². The van der Waals surface area contributed by atoms with Crippen LogP contribution in [0.4, 0.5) is 5.69 Å². The molecule has 0 aliphatic heterocycles. The standard InChI is InChI=1S/C16H22N4O3/c17-16(18)19-9-10-5-7-11(8-6-10)14(21)20-13-4-2-1-3-12(13)15(22)23/h1-4,10-11H,5-9H2,(H,20,21)(H,22,23)(H4,17,18,19). The Labute approximate surface area is 134 Å². The van der Waals surface area contributed by atoms with Crippen molar-refractivity contribution in [2.75, 3.05) is 11.9 Å². The molecule has 6 N–H and O–H groups in total. The molecule has 7 nitrogen and oxygen atoms in total. The normalized spacial score (nSPS) is 20.5. The number of aliphatic imine (C=N–C) groups is 1. The van der Waals surface area contributed by atoms with Crippen molar-refractivity contribution in [3.05, 3.63) is 29.8 Å². The van der Waals surface area contributed by atoms with Crippen molar-refractivity contribution in [3.8, 4) is 0 Å². The lowest BCUT2D eigenvalue weighted by Gasteiger charge is -2.27. The Bertz CT molecular complexity index is 603. The molecule has 1 fully saturated rings. The van der Waals surface area contributed by atoms with Crippen LogP contribution in [0.5, 0.6) is 0 Å². The van der Waals surface area contributed by atoms with Gasteiger partial charge in [0.05, 0.1) is 11.3 Å².